The average molecular weight is 679 g/mol. The van der Waals surface area contributed by atoms with Crippen molar-refractivity contribution >= 4 is 38.9 Å². The van der Waals surface area contributed by atoms with E-state index in [9.17, 15) is 0 Å². The maximum atomic E-state index is 2.47. The van der Waals surface area contributed by atoms with Gasteiger partial charge in [0.1, 0.15) is 0 Å². The van der Waals surface area contributed by atoms with E-state index in [4.69, 9.17) is 0 Å². The summed E-state index contributed by atoms with van der Waals surface area (Å²) in [4.78, 5) is 2.47. The Morgan fingerprint density at radius 1 is 0.415 bits per heavy atom. The minimum atomic E-state index is -0.126. The van der Waals surface area contributed by atoms with Gasteiger partial charge in [-0.2, -0.15) is 0 Å². The first kappa shape index (κ1) is 31.1. The lowest BCUT2D eigenvalue weighted by molar-refractivity contribution is 0.660. The number of hydrogen-bond acceptors (Lipinski definition) is 1. The zero-order chi connectivity index (χ0) is 35.5. The summed E-state index contributed by atoms with van der Waals surface area (Å²) >= 11 is 0. The summed E-state index contributed by atoms with van der Waals surface area (Å²) in [5.41, 5.74) is 17.1. The van der Waals surface area contributed by atoms with Gasteiger partial charge in [0.25, 0.3) is 0 Å². The number of fused-ring (bicyclic) bond motifs is 6. The van der Waals surface area contributed by atoms with Crippen molar-refractivity contribution in [2.45, 2.75) is 19.3 Å². The van der Waals surface area contributed by atoms with Crippen molar-refractivity contribution in [3.63, 3.8) is 0 Å². The van der Waals surface area contributed by atoms with Crippen molar-refractivity contribution < 1.29 is 0 Å². The van der Waals surface area contributed by atoms with E-state index in [1.54, 1.807) is 0 Å². The van der Waals surface area contributed by atoms with E-state index in [0.29, 0.717) is 0 Å². The summed E-state index contributed by atoms with van der Waals surface area (Å²) in [6.07, 6.45) is 0. The summed E-state index contributed by atoms with van der Waals surface area (Å²) in [6.45, 7) is 4.73. The van der Waals surface area contributed by atoms with E-state index in [1.165, 1.54) is 66.3 Å². The maximum absolute atomic E-state index is 2.47. The Labute approximate surface area is 310 Å². The van der Waals surface area contributed by atoms with E-state index in [2.05, 4.69) is 217 Å². The van der Waals surface area contributed by atoms with Crippen LogP contribution < -0.4 is 4.90 Å². The molecule has 0 amide bonds. The molecule has 0 aliphatic heterocycles. The lowest BCUT2D eigenvalue weighted by atomic mass is 9.82. The highest BCUT2D eigenvalue weighted by atomic mass is 15.1. The highest BCUT2D eigenvalue weighted by Gasteiger charge is 2.37. The molecule has 53 heavy (non-hydrogen) atoms. The van der Waals surface area contributed by atoms with Crippen LogP contribution in [-0.2, 0) is 5.41 Å². The molecule has 2 heteroatoms. The van der Waals surface area contributed by atoms with Crippen LogP contribution in [0.25, 0.3) is 60.9 Å². The molecule has 10 rings (SSSR count). The van der Waals surface area contributed by atoms with Crippen molar-refractivity contribution in [3.05, 3.63) is 205 Å². The molecule has 8 aromatic carbocycles. The number of para-hydroxylation sites is 3. The summed E-state index contributed by atoms with van der Waals surface area (Å²) in [7, 11) is 0. The average Bonchev–Trinajstić information content (AvgIpc) is 3.67. The van der Waals surface area contributed by atoms with E-state index >= 15 is 0 Å². The number of aromatic nitrogens is 1. The van der Waals surface area contributed by atoms with Gasteiger partial charge in [-0.3, -0.25) is 0 Å². The lowest BCUT2D eigenvalue weighted by Crippen LogP contribution is -2.15. The molecule has 1 aliphatic rings. The van der Waals surface area contributed by atoms with E-state index in [0.717, 1.165) is 22.7 Å². The molecule has 2 nitrogen and oxygen atoms in total. The topological polar surface area (TPSA) is 8.17 Å². The molecule has 0 saturated heterocycles. The number of benzene rings is 8. The van der Waals surface area contributed by atoms with Crippen molar-refractivity contribution in [1.82, 2.24) is 4.57 Å². The zero-order valence-electron chi connectivity index (χ0n) is 29.9. The monoisotopic (exact) mass is 678 g/mol. The zero-order valence-corrected chi connectivity index (χ0v) is 29.9. The van der Waals surface area contributed by atoms with E-state index in [-0.39, 0.29) is 5.41 Å². The van der Waals surface area contributed by atoms with Crippen LogP contribution in [-0.4, -0.2) is 4.57 Å². The van der Waals surface area contributed by atoms with Crippen LogP contribution in [0.1, 0.15) is 25.0 Å². The molecule has 9 aromatic rings. The molecule has 1 aromatic heterocycles. The summed E-state index contributed by atoms with van der Waals surface area (Å²) < 4.78 is 2.39. The molecule has 252 valence electrons. The molecule has 1 heterocycles. The standard InChI is InChI=1S/C51H38N2/c1-51(2)45-31-29-38(34-44(45)50-41(25-16-26-46(50)51)36-19-8-4-9-20-36)52(47-27-14-12-23-40(47)35-17-6-3-7-18-35)39-30-32-49-43(33-39)42-24-13-15-28-48(42)53(49)37-21-10-5-11-22-37/h3-34H,1-2H3. The summed E-state index contributed by atoms with van der Waals surface area (Å²) in [6, 6.07) is 70.8. The lowest BCUT2D eigenvalue weighted by Gasteiger charge is -2.29. The van der Waals surface area contributed by atoms with Gasteiger partial charge in [0.2, 0.25) is 0 Å². The highest BCUT2D eigenvalue weighted by molar-refractivity contribution is 6.11. The molecule has 0 saturated carbocycles. The van der Waals surface area contributed by atoms with Crippen molar-refractivity contribution in [2.24, 2.45) is 0 Å². The van der Waals surface area contributed by atoms with Gasteiger partial charge in [0, 0.05) is 38.8 Å². The Hall–Kier alpha value is -6.64. The highest BCUT2D eigenvalue weighted by Crippen LogP contribution is 2.54. The van der Waals surface area contributed by atoms with E-state index < -0.39 is 0 Å². The van der Waals surface area contributed by atoms with Crippen LogP contribution in [0.3, 0.4) is 0 Å². The van der Waals surface area contributed by atoms with Crippen LogP contribution in [0.15, 0.2) is 194 Å². The maximum Gasteiger partial charge on any atom is 0.0542 e. The quantitative estimate of drug-likeness (QED) is 0.170. The van der Waals surface area contributed by atoms with Gasteiger partial charge < -0.3 is 9.47 Å². The fourth-order valence-corrected chi connectivity index (χ4v) is 8.70. The molecule has 0 radical (unpaired) electrons. The van der Waals surface area contributed by atoms with Crippen LogP contribution in [0.4, 0.5) is 17.1 Å². The Morgan fingerprint density at radius 2 is 1.00 bits per heavy atom. The molecule has 0 fully saturated rings. The number of rotatable bonds is 6. The normalized spacial score (nSPS) is 12.9. The smallest absolute Gasteiger partial charge is 0.0542 e. The second kappa shape index (κ2) is 12.3. The van der Waals surface area contributed by atoms with Gasteiger partial charge in [-0.25, -0.2) is 0 Å². The Morgan fingerprint density at radius 3 is 1.77 bits per heavy atom. The van der Waals surface area contributed by atoms with Gasteiger partial charge >= 0.3 is 0 Å². The van der Waals surface area contributed by atoms with Crippen molar-refractivity contribution in [3.8, 4) is 39.1 Å². The molecular formula is C51H38N2. The third-order valence-corrected chi connectivity index (χ3v) is 11.2. The molecule has 0 spiro atoms. The molecular weight excluding hydrogens is 641 g/mol. The molecule has 0 atom stereocenters. The molecule has 0 unspecified atom stereocenters. The predicted octanol–water partition coefficient (Wildman–Crippen LogP) is 13.9. The van der Waals surface area contributed by atoms with Crippen molar-refractivity contribution in [1.29, 1.82) is 0 Å². The first-order chi connectivity index (χ1) is 26.1. The third kappa shape index (κ3) is 4.94. The number of anilines is 3. The van der Waals surface area contributed by atoms with E-state index in [1.807, 2.05) is 0 Å². The predicted molar refractivity (Wildman–Crippen MR) is 224 cm³/mol. The number of hydrogen-bond donors (Lipinski definition) is 0. The third-order valence-electron chi connectivity index (χ3n) is 11.2. The minimum absolute atomic E-state index is 0.126. The first-order valence-electron chi connectivity index (χ1n) is 18.4. The largest absolute Gasteiger partial charge is 0.310 e. The van der Waals surface area contributed by atoms with Gasteiger partial charge in [-0.15, -0.1) is 0 Å². The summed E-state index contributed by atoms with van der Waals surface area (Å²) in [5, 5.41) is 2.46. The Kier molecular flexibility index (Phi) is 7.19. The van der Waals surface area contributed by atoms with Gasteiger partial charge in [0.05, 0.1) is 16.7 Å². The Bertz CT molecular complexity index is 2790. The Balaban J connectivity index is 1.24. The fraction of sp³-hybridized carbons (Fsp3) is 0.0588. The van der Waals surface area contributed by atoms with Gasteiger partial charge in [-0.1, -0.05) is 153 Å². The SMILES string of the molecule is CC1(C)c2ccc(N(c3ccc4c(c3)c3ccccc3n4-c3ccccc3)c3ccccc3-c3ccccc3)cc2-c2c(-c3ccccc3)cccc21. The van der Waals surface area contributed by atoms with Gasteiger partial charge in [0.15, 0.2) is 0 Å². The van der Waals surface area contributed by atoms with Crippen LogP contribution in [0.5, 0.6) is 0 Å². The molecule has 0 bridgehead atoms. The fourth-order valence-electron chi connectivity index (χ4n) is 8.70. The van der Waals surface area contributed by atoms with Gasteiger partial charge in [-0.05, 0) is 93.5 Å². The summed E-state index contributed by atoms with van der Waals surface area (Å²) in [5.74, 6) is 0. The minimum Gasteiger partial charge on any atom is -0.310 e. The molecule has 1 aliphatic carbocycles. The van der Waals surface area contributed by atoms with Crippen LogP contribution in [0, 0.1) is 0 Å². The van der Waals surface area contributed by atoms with Crippen LogP contribution >= 0.6 is 0 Å². The van der Waals surface area contributed by atoms with Crippen LogP contribution in [0.2, 0.25) is 0 Å². The second-order valence-corrected chi connectivity index (χ2v) is 14.6. The second-order valence-electron chi connectivity index (χ2n) is 14.6. The molecule has 0 N–H and O–H groups in total. The van der Waals surface area contributed by atoms with Crippen molar-refractivity contribution in [2.75, 3.05) is 4.90 Å². The first-order valence-corrected chi connectivity index (χ1v) is 18.4. The number of nitrogens with zero attached hydrogens (tertiary/aromatic N) is 2.